The van der Waals surface area contributed by atoms with E-state index in [4.69, 9.17) is 15.9 Å². The van der Waals surface area contributed by atoms with Gasteiger partial charge in [-0.1, -0.05) is 0 Å². The Kier molecular flexibility index (Phi) is 5.17. The first-order chi connectivity index (χ1) is 9.88. The van der Waals surface area contributed by atoms with Crippen molar-refractivity contribution in [3.8, 4) is 12.3 Å². The van der Waals surface area contributed by atoms with Crippen molar-refractivity contribution in [2.24, 2.45) is 5.41 Å². The monoisotopic (exact) mass is 309 g/mol. The first-order valence-corrected chi connectivity index (χ1v) is 7.53. The minimum Gasteiger partial charge on any atom is -0.459 e. The Labute approximate surface area is 133 Å². The maximum atomic E-state index is 12.5. The second kappa shape index (κ2) is 6.20. The third kappa shape index (κ3) is 4.94. The average Bonchev–Trinajstić information content (AvgIpc) is 2.70. The van der Waals surface area contributed by atoms with Gasteiger partial charge in [0.2, 0.25) is 0 Å². The summed E-state index contributed by atoms with van der Waals surface area (Å²) in [7, 11) is 0. The molecule has 1 saturated heterocycles. The van der Waals surface area contributed by atoms with Gasteiger partial charge in [0, 0.05) is 19.5 Å². The molecular formula is C17H27NO4. The predicted molar refractivity (Wildman–Crippen MR) is 84.2 cm³/mol. The van der Waals surface area contributed by atoms with Gasteiger partial charge in [-0.05, 0) is 48.0 Å². The van der Waals surface area contributed by atoms with Gasteiger partial charge in [-0.3, -0.25) is 4.79 Å². The van der Waals surface area contributed by atoms with Crippen LogP contribution < -0.4 is 0 Å². The molecule has 5 nitrogen and oxygen atoms in total. The summed E-state index contributed by atoms with van der Waals surface area (Å²) in [5, 5.41) is 0. The second-order valence-corrected chi connectivity index (χ2v) is 7.82. The van der Waals surface area contributed by atoms with Gasteiger partial charge in [0.15, 0.2) is 0 Å². The van der Waals surface area contributed by atoms with Gasteiger partial charge >= 0.3 is 12.1 Å². The van der Waals surface area contributed by atoms with Crippen LogP contribution >= 0.6 is 0 Å². The molecule has 5 heteroatoms. The van der Waals surface area contributed by atoms with Crippen LogP contribution in [0.2, 0.25) is 0 Å². The van der Waals surface area contributed by atoms with Gasteiger partial charge in [0.05, 0.1) is 5.41 Å². The highest BCUT2D eigenvalue weighted by molar-refractivity contribution is 5.80. The number of likely N-dealkylation sites (tertiary alicyclic amines) is 1. The fourth-order valence-electron chi connectivity index (χ4n) is 2.32. The highest BCUT2D eigenvalue weighted by Crippen LogP contribution is 2.37. The van der Waals surface area contributed by atoms with E-state index in [0.29, 0.717) is 13.0 Å². The number of amides is 1. The molecule has 0 aromatic carbocycles. The van der Waals surface area contributed by atoms with Crippen LogP contribution in [0.1, 0.15) is 54.4 Å². The number of carbonyl (C=O) groups is 2. The van der Waals surface area contributed by atoms with Crippen LogP contribution in [0.5, 0.6) is 0 Å². The Bertz CT molecular complexity index is 478. The van der Waals surface area contributed by atoms with Gasteiger partial charge in [-0.2, -0.15) is 0 Å². The topological polar surface area (TPSA) is 55.8 Å². The number of nitrogens with zero attached hydrogens (tertiary/aromatic N) is 1. The Morgan fingerprint density at radius 1 is 1.14 bits per heavy atom. The second-order valence-electron chi connectivity index (χ2n) is 7.82. The van der Waals surface area contributed by atoms with Crippen molar-refractivity contribution in [3.05, 3.63) is 0 Å². The maximum absolute atomic E-state index is 12.5. The quantitative estimate of drug-likeness (QED) is 0.581. The van der Waals surface area contributed by atoms with Gasteiger partial charge in [-0.15, -0.1) is 12.3 Å². The molecule has 0 bridgehead atoms. The van der Waals surface area contributed by atoms with E-state index in [9.17, 15) is 9.59 Å². The van der Waals surface area contributed by atoms with Gasteiger partial charge in [0.1, 0.15) is 11.2 Å². The summed E-state index contributed by atoms with van der Waals surface area (Å²) in [6.07, 6.45) is 5.75. The summed E-state index contributed by atoms with van der Waals surface area (Å²) in [6.45, 7) is 11.5. The Morgan fingerprint density at radius 3 is 2.14 bits per heavy atom. The molecule has 0 N–H and O–H groups in total. The molecule has 1 aliphatic heterocycles. The van der Waals surface area contributed by atoms with E-state index in [0.717, 1.165) is 0 Å². The third-order valence-electron chi connectivity index (χ3n) is 3.28. The zero-order valence-corrected chi connectivity index (χ0v) is 14.5. The van der Waals surface area contributed by atoms with E-state index in [1.54, 1.807) is 0 Å². The lowest BCUT2D eigenvalue weighted by Gasteiger charge is -2.30. The van der Waals surface area contributed by atoms with Gasteiger partial charge in [-0.25, -0.2) is 4.79 Å². The SMILES string of the molecule is C#CCC1(C(=O)OC(C)(C)C)CCN(C(=O)OC(C)(C)C)C1. The summed E-state index contributed by atoms with van der Waals surface area (Å²) in [4.78, 5) is 26.2. The number of hydrogen-bond acceptors (Lipinski definition) is 4. The lowest BCUT2D eigenvalue weighted by Crippen LogP contribution is -2.42. The lowest BCUT2D eigenvalue weighted by molar-refractivity contribution is -0.166. The van der Waals surface area contributed by atoms with Crippen LogP contribution in [-0.4, -0.2) is 41.3 Å². The summed E-state index contributed by atoms with van der Waals surface area (Å²) >= 11 is 0. The van der Waals surface area contributed by atoms with E-state index in [1.807, 2.05) is 41.5 Å². The van der Waals surface area contributed by atoms with Crippen molar-refractivity contribution >= 4 is 12.1 Å². The molecule has 0 radical (unpaired) electrons. The molecule has 22 heavy (non-hydrogen) atoms. The van der Waals surface area contributed by atoms with E-state index >= 15 is 0 Å². The molecule has 0 spiro atoms. The number of hydrogen-bond donors (Lipinski definition) is 0. The molecule has 1 rings (SSSR count). The van der Waals surface area contributed by atoms with Crippen molar-refractivity contribution in [1.82, 2.24) is 4.90 Å². The van der Waals surface area contributed by atoms with Crippen LogP contribution in [0.4, 0.5) is 4.79 Å². The van der Waals surface area contributed by atoms with Crippen molar-refractivity contribution in [2.45, 2.75) is 65.6 Å². The standard InChI is InChI=1S/C17H27NO4/c1-8-9-17(13(19)21-15(2,3)4)10-11-18(12-17)14(20)22-16(5,6)7/h1H,9-12H2,2-7H3. The van der Waals surface area contributed by atoms with Crippen LogP contribution in [0.3, 0.4) is 0 Å². The zero-order chi connectivity index (χ0) is 17.2. The number of terminal acetylenes is 1. The van der Waals surface area contributed by atoms with Crippen LogP contribution in [0.15, 0.2) is 0 Å². The van der Waals surface area contributed by atoms with Gasteiger partial charge in [0.25, 0.3) is 0 Å². The summed E-state index contributed by atoms with van der Waals surface area (Å²) in [6, 6.07) is 0. The molecule has 0 aliphatic carbocycles. The summed E-state index contributed by atoms with van der Waals surface area (Å²) < 4.78 is 10.9. The molecule has 124 valence electrons. The van der Waals surface area contributed by atoms with Crippen molar-refractivity contribution in [3.63, 3.8) is 0 Å². The normalized spacial score (nSPS) is 22.1. The van der Waals surface area contributed by atoms with E-state index < -0.39 is 22.7 Å². The largest absolute Gasteiger partial charge is 0.459 e. The van der Waals surface area contributed by atoms with E-state index in [-0.39, 0.29) is 18.9 Å². The fraction of sp³-hybridized carbons (Fsp3) is 0.765. The number of carbonyl (C=O) groups excluding carboxylic acids is 2. The fourth-order valence-corrected chi connectivity index (χ4v) is 2.32. The van der Waals surface area contributed by atoms with Crippen LogP contribution in [0, 0.1) is 17.8 Å². The molecule has 0 aromatic heterocycles. The molecule has 1 amide bonds. The first-order valence-electron chi connectivity index (χ1n) is 7.53. The highest BCUT2D eigenvalue weighted by Gasteiger charge is 2.48. The average molecular weight is 309 g/mol. The lowest BCUT2D eigenvalue weighted by atomic mass is 9.83. The Hall–Kier alpha value is -1.70. The molecular weight excluding hydrogens is 282 g/mol. The van der Waals surface area contributed by atoms with Crippen LogP contribution in [-0.2, 0) is 14.3 Å². The number of esters is 1. The molecule has 1 unspecified atom stereocenters. The smallest absolute Gasteiger partial charge is 0.410 e. The van der Waals surface area contributed by atoms with Crippen molar-refractivity contribution < 1.29 is 19.1 Å². The zero-order valence-electron chi connectivity index (χ0n) is 14.5. The molecule has 1 heterocycles. The van der Waals surface area contributed by atoms with E-state index in [1.165, 1.54) is 4.90 Å². The number of rotatable bonds is 2. The van der Waals surface area contributed by atoms with E-state index in [2.05, 4.69) is 5.92 Å². The molecule has 0 saturated carbocycles. The van der Waals surface area contributed by atoms with Crippen LogP contribution in [0.25, 0.3) is 0 Å². The predicted octanol–water partition coefficient (Wildman–Crippen LogP) is 2.98. The maximum Gasteiger partial charge on any atom is 0.410 e. The molecule has 1 fully saturated rings. The highest BCUT2D eigenvalue weighted by atomic mass is 16.6. The minimum absolute atomic E-state index is 0.237. The Morgan fingerprint density at radius 2 is 1.68 bits per heavy atom. The molecule has 1 atom stereocenters. The van der Waals surface area contributed by atoms with Crippen molar-refractivity contribution in [2.75, 3.05) is 13.1 Å². The number of ether oxygens (including phenoxy) is 2. The third-order valence-corrected chi connectivity index (χ3v) is 3.28. The summed E-state index contributed by atoms with van der Waals surface area (Å²) in [5.74, 6) is 2.20. The molecule has 1 aliphatic rings. The first kappa shape index (κ1) is 18.3. The van der Waals surface area contributed by atoms with Gasteiger partial charge < -0.3 is 14.4 Å². The summed E-state index contributed by atoms with van der Waals surface area (Å²) in [5.41, 5.74) is -1.99. The van der Waals surface area contributed by atoms with Crippen molar-refractivity contribution in [1.29, 1.82) is 0 Å². The minimum atomic E-state index is -0.834. The Balaban J connectivity index is 2.85. The molecule has 0 aromatic rings.